The van der Waals surface area contributed by atoms with Crippen LogP contribution < -0.4 is 5.32 Å². The zero-order valence-electron chi connectivity index (χ0n) is 11.9. The van der Waals surface area contributed by atoms with Gasteiger partial charge in [0, 0.05) is 12.6 Å². The monoisotopic (exact) mass is 249 g/mol. The van der Waals surface area contributed by atoms with Crippen LogP contribution in [-0.2, 0) is 0 Å². The van der Waals surface area contributed by atoms with E-state index in [9.17, 15) is 5.11 Å². The molecule has 0 aromatic heterocycles. The van der Waals surface area contributed by atoms with Gasteiger partial charge in [0.2, 0.25) is 0 Å². The first kappa shape index (κ1) is 15.2. The highest BCUT2D eigenvalue weighted by molar-refractivity contribution is 5.18. The van der Waals surface area contributed by atoms with E-state index in [0.29, 0.717) is 12.6 Å². The van der Waals surface area contributed by atoms with E-state index in [1.54, 1.807) is 0 Å². The number of aliphatic hydroxyl groups is 1. The lowest BCUT2D eigenvalue weighted by Crippen LogP contribution is -2.41. The Hall–Kier alpha value is -0.860. The van der Waals surface area contributed by atoms with Crippen molar-refractivity contribution in [3.8, 4) is 0 Å². The molecule has 0 spiro atoms. The summed E-state index contributed by atoms with van der Waals surface area (Å²) in [4.78, 5) is 0. The molecule has 1 atom stereocenters. The van der Waals surface area contributed by atoms with E-state index in [1.807, 2.05) is 19.9 Å². The van der Waals surface area contributed by atoms with Crippen molar-refractivity contribution in [2.45, 2.75) is 58.1 Å². The van der Waals surface area contributed by atoms with E-state index in [0.717, 1.165) is 25.7 Å². The molecule has 0 radical (unpaired) electrons. The summed E-state index contributed by atoms with van der Waals surface area (Å²) in [5, 5.41) is 13.9. The standard InChI is InChI=1S/C16H27NO/c1-4-10-15(14-11-8-7-9-12-14)17-13-16(18,5-2)6-3/h7-9,11-12,15,17-18H,4-6,10,13H2,1-3H3. The van der Waals surface area contributed by atoms with Crippen LogP contribution in [0.1, 0.15) is 58.1 Å². The molecule has 0 fully saturated rings. The first-order valence-corrected chi connectivity index (χ1v) is 7.16. The maximum absolute atomic E-state index is 10.3. The van der Waals surface area contributed by atoms with Gasteiger partial charge >= 0.3 is 0 Å². The van der Waals surface area contributed by atoms with Gasteiger partial charge in [-0.3, -0.25) is 0 Å². The average molecular weight is 249 g/mol. The van der Waals surface area contributed by atoms with Crippen LogP contribution in [0.15, 0.2) is 30.3 Å². The smallest absolute Gasteiger partial charge is 0.0766 e. The molecule has 1 unspecified atom stereocenters. The molecule has 1 rings (SSSR count). The van der Waals surface area contributed by atoms with Crippen LogP contribution >= 0.6 is 0 Å². The lowest BCUT2D eigenvalue weighted by Gasteiger charge is -2.29. The second kappa shape index (κ2) is 7.55. The van der Waals surface area contributed by atoms with Crippen molar-refractivity contribution in [1.82, 2.24) is 5.32 Å². The number of benzene rings is 1. The zero-order chi connectivity index (χ0) is 13.4. The molecular weight excluding hydrogens is 222 g/mol. The lowest BCUT2D eigenvalue weighted by molar-refractivity contribution is 0.0295. The number of nitrogens with one attached hydrogen (secondary N) is 1. The normalized spacial score (nSPS) is 13.6. The van der Waals surface area contributed by atoms with Crippen LogP contribution in [0.2, 0.25) is 0 Å². The van der Waals surface area contributed by atoms with Gasteiger partial charge in [0.1, 0.15) is 0 Å². The summed E-state index contributed by atoms with van der Waals surface area (Å²) in [6, 6.07) is 10.9. The first-order valence-electron chi connectivity index (χ1n) is 7.16. The SMILES string of the molecule is CCCC(NCC(O)(CC)CC)c1ccccc1. The van der Waals surface area contributed by atoms with Gasteiger partial charge in [-0.15, -0.1) is 0 Å². The van der Waals surface area contributed by atoms with Gasteiger partial charge in [-0.25, -0.2) is 0 Å². The Labute approximate surface area is 111 Å². The summed E-state index contributed by atoms with van der Waals surface area (Å²) in [7, 11) is 0. The van der Waals surface area contributed by atoms with Crippen molar-refractivity contribution >= 4 is 0 Å². The topological polar surface area (TPSA) is 32.3 Å². The molecule has 0 saturated carbocycles. The second-order valence-electron chi connectivity index (χ2n) is 5.06. The molecule has 0 saturated heterocycles. The molecule has 1 aromatic rings. The third-order valence-corrected chi connectivity index (χ3v) is 3.77. The highest BCUT2D eigenvalue weighted by atomic mass is 16.3. The lowest BCUT2D eigenvalue weighted by atomic mass is 9.95. The summed E-state index contributed by atoms with van der Waals surface area (Å²) >= 11 is 0. The van der Waals surface area contributed by atoms with Gasteiger partial charge in [-0.05, 0) is 24.8 Å². The second-order valence-corrected chi connectivity index (χ2v) is 5.06. The molecule has 0 aliphatic heterocycles. The fraction of sp³-hybridized carbons (Fsp3) is 0.625. The van der Waals surface area contributed by atoms with Crippen LogP contribution in [-0.4, -0.2) is 17.3 Å². The molecule has 102 valence electrons. The maximum Gasteiger partial charge on any atom is 0.0766 e. The van der Waals surface area contributed by atoms with Crippen LogP contribution in [0.25, 0.3) is 0 Å². The number of rotatable bonds is 8. The van der Waals surface area contributed by atoms with Crippen LogP contribution in [0.5, 0.6) is 0 Å². The average Bonchev–Trinajstić information content (AvgIpc) is 2.44. The Bertz CT molecular complexity index is 319. The van der Waals surface area contributed by atoms with Gasteiger partial charge < -0.3 is 10.4 Å². The molecule has 18 heavy (non-hydrogen) atoms. The van der Waals surface area contributed by atoms with E-state index in [4.69, 9.17) is 0 Å². The maximum atomic E-state index is 10.3. The van der Waals surface area contributed by atoms with Gasteiger partial charge in [-0.1, -0.05) is 57.5 Å². The zero-order valence-corrected chi connectivity index (χ0v) is 11.9. The van der Waals surface area contributed by atoms with Gasteiger partial charge in [0.05, 0.1) is 5.60 Å². The highest BCUT2D eigenvalue weighted by Gasteiger charge is 2.23. The third kappa shape index (κ3) is 4.43. The Kier molecular flexibility index (Phi) is 6.37. The summed E-state index contributed by atoms with van der Waals surface area (Å²) in [6.07, 6.45) is 3.84. The Morgan fingerprint density at radius 2 is 1.72 bits per heavy atom. The van der Waals surface area contributed by atoms with Gasteiger partial charge in [0.25, 0.3) is 0 Å². The van der Waals surface area contributed by atoms with Crippen LogP contribution in [0.3, 0.4) is 0 Å². The molecule has 0 aliphatic rings. The predicted octanol–water partition coefficient (Wildman–Crippen LogP) is 3.67. The minimum Gasteiger partial charge on any atom is -0.389 e. The Balaban J connectivity index is 2.64. The van der Waals surface area contributed by atoms with Crippen LogP contribution in [0, 0.1) is 0 Å². The molecule has 1 aromatic carbocycles. The van der Waals surface area contributed by atoms with E-state index in [-0.39, 0.29) is 0 Å². The predicted molar refractivity (Wildman–Crippen MR) is 77.6 cm³/mol. The van der Waals surface area contributed by atoms with E-state index in [1.165, 1.54) is 5.56 Å². The molecule has 2 nitrogen and oxygen atoms in total. The fourth-order valence-corrected chi connectivity index (χ4v) is 2.17. The van der Waals surface area contributed by atoms with E-state index in [2.05, 4.69) is 36.5 Å². The van der Waals surface area contributed by atoms with Crippen molar-refractivity contribution in [2.24, 2.45) is 0 Å². The molecular formula is C16H27NO. The Morgan fingerprint density at radius 1 is 1.11 bits per heavy atom. The van der Waals surface area contributed by atoms with Crippen molar-refractivity contribution in [1.29, 1.82) is 0 Å². The van der Waals surface area contributed by atoms with Gasteiger partial charge in [0.15, 0.2) is 0 Å². The fourth-order valence-electron chi connectivity index (χ4n) is 2.17. The van der Waals surface area contributed by atoms with Crippen molar-refractivity contribution in [3.63, 3.8) is 0 Å². The highest BCUT2D eigenvalue weighted by Crippen LogP contribution is 2.20. The molecule has 0 bridgehead atoms. The summed E-state index contributed by atoms with van der Waals surface area (Å²) in [5.41, 5.74) is 0.745. The summed E-state index contributed by atoms with van der Waals surface area (Å²) in [6.45, 7) is 6.95. The number of hydrogen-bond acceptors (Lipinski definition) is 2. The van der Waals surface area contributed by atoms with Gasteiger partial charge in [-0.2, -0.15) is 0 Å². The first-order chi connectivity index (χ1) is 8.65. The number of hydrogen-bond donors (Lipinski definition) is 2. The largest absolute Gasteiger partial charge is 0.389 e. The quantitative estimate of drug-likeness (QED) is 0.737. The van der Waals surface area contributed by atoms with Crippen LogP contribution in [0.4, 0.5) is 0 Å². The summed E-state index contributed by atoms with van der Waals surface area (Å²) < 4.78 is 0. The molecule has 2 heteroatoms. The van der Waals surface area contributed by atoms with E-state index < -0.39 is 5.60 Å². The van der Waals surface area contributed by atoms with E-state index >= 15 is 0 Å². The third-order valence-electron chi connectivity index (χ3n) is 3.77. The molecule has 0 heterocycles. The minimum atomic E-state index is -0.569. The van der Waals surface area contributed by atoms with Crippen molar-refractivity contribution in [2.75, 3.05) is 6.54 Å². The molecule has 2 N–H and O–H groups in total. The minimum absolute atomic E-state index is 0.348. The summed E-state index contributed by atoms with van der Waals surface area (Å²) in [5.74, 6) is 0. The van der Waals surface area contributed by atoms with Crippen molar-refractivity contribution in [3.05, 3.63) is 35.9 Å². The molecule has 0 amide bonds. The van der Waals surface area contributed by atoms with Crippen molar-refractivity contribution < 1.29 is 5.11 Å². The Morgan fingerprint density at radius 3 is 2.22 bits per heavy atom. The molecule has 0 aliphatic carbocycles.